The quantitative estimate of drug-likeness (QED) is 0.673. The van der Waals surface area contributed by atoms with Crippen molar-refractivity contribution in [1.82, 2.24) is 4.90 Å². The summed E-state index contributed by atoms with van der Waals surface area (Å²) >= 11 is 1.60. The van der Waals surface area contributed by atoms with E-state index in [2.05, 4.69) is 6.07 Å². The van der Waals surface area contributed by atoms with E-state index in [1.54, 1.807) is 17.8 Å². The highest BCUT2D eigenvalue weighted by Gasteiger charge is 2.43. The van der Waals surface area contributed by atoms with E-state index >= 15 is 0 Å². The first-order chi connectivity index (χ1) is 11.0. The van der Waals surface area contributed by atoms with E-state index in [4.69, 9.17) is 10.00 Å². The summed E-state index contributed by atoms with van der Waals surface area (Å²) < 4.78 is 4.73. The summed E-state index contributed by atoms with van der Waals surface area (Å²) in [5.74, 6) is 0.165. The number of carboxylic acid groups (broad SMARTS) is 1. The fraction of sp³-hybridized carbons (Fsp3) is 0.438. The van der Waals surface area contributed by atoms with Crippen molar-refractivity contribution in [2.45, 2.75) is 30.3 Å². The number of carbonyl (C=O) groups excluding carboxylic acids is 1. The first-order valence-corrected chi connectivity index (χ1v) is 8.22. The highest BCUT2D eigenvalue weighted by atomic mass is 32.2. The molecule has 1 aromatic carbocycles. The molecule has 0 bridgehead atoms. The molecular formula is C16H16N2O4S. The molecule has 6 nitrogen and oxygen atoms in total. The van der Waals surface area contributed by atoms with Crippen molar-refractivity contribution in [3.8, 4) is 6.07 Å². The number of hydrogen-bond acceptors (Lipinski definition) is 5. The molecule has 0 spiro atoms. The van der Waals surface area contributed by atoms with Crippen LogP contribution >= 0.6 is 11.8 Å². The summed E-state index contributed by atoms with van der Waals surface area (Å²) in [5, 5.41) is 18.4. The zero-order valence-electron chi connectivity index (χ0n) is 12.6. The highest BCUT2D eigenvalue weighted by Crippen LogP contribution is 2.48. The number of hydrogen-bond donors (Lipinski definition) is 1. The van der Waals surface area contributed by atoms with E-state index in [1.165, 1.54) is 7.11 Å². The fourth-order valence-corrected chi connectivity index (χ4v) is 3.91. The number of nitrogens with zero attached hydrogens (tertiary/aromatic N) is 2. The number of amides is 1. The van der Waals surface area contributed by atoms with Crippen molar-refractivity contribution in [3.63, 3.8) is 0 Å². The molecule has 1 atom stereocenters. The second-order valence-corrected chi connectivity index (χ2v) is 6.93. The molecule has 120 valence electrons. The van der Waals surface area contributed by atoms with Gasteiger partial charge < -0.3 is 9.84 Å². The molecule has 1 N–H and O–H groups in total. The van der Waals surface area contributed by atoms with Crippen molar-refractivity contribution in [3.05, 3.63) is 29.3 Å². The Balaban J connectivity index is 1.81. The summed E-state index contributed by atoms with van der Waals surface area (Å²) in [5.41, 5.74) is 1.30. The van der Waals surface area contributed by atoms with Crippen LogP contribution in [-0.2, 0) is 16.1 Å². The maximum absolute atomic E-state index is 11.9. The zero-order valence-corrected chi connectivity index (χ0v) is 13.4. The van der Waals surface area contributed by atoms with E-state index < -0.39 is 18.1 Å². The van der Waals surface area contributed by atoms with Crippen molar-refractivity contribution in [2.24, 2.45) is 5.41 Å². The molecule has 1 heterocycles. The molecule has 1 amide bonds. The Morgan fingerprint density at radius 3 is 2.83 bits per heavy atom. The summed E-state index contributed by atoms with van der Waals surface area (Å²) in [6.07, 6.45) is 0.740. The standard InChI is InChI=1S/C16H16N2O4S/c1-22-14(19)13-12-3-2-11(23-9-16(8-17)4-5-16)6-10(12)7-18(13)15(20)21/h2-3,6,13H,4-5,7,9H2,1H3,(H,20,21). The van der Waals surface area contributed by atoms with Crippen LogP contribution in [0.5, 0.6) is 0 Å². The molecule has 0 saturated heterocycles. The van der Waals surface area contributed by atoms with E-state index in [9.17, 15) is 14.7 Å². The molecule has 1 aliphatic heterocycles. The van der Waals surface area contributed by atoms with Crippen molar-refractivity contribution in [1.29, 1.82) is 5.26 Å². The van der Waals surface area contributed by atoms with Gasteiger partial charge >= 0.3 is 12.1 Å². The minimum absolute atomic E-state index is 0.169. The minimum Gasteiger partial charge on any atom is -0.467 e. The number of esters is 1. The lowest BCUT2D eigenvalue weighted by Gasteiger charge is -2.19. The summed E-state index contributed by atoms with van der Waals surface area (Å²) in [6, 6.07) is 7.02. The Bertz CT molecular complexity index is 709. The average Bonchev–Trinajstić information content (AvgIpc) is 3.24. The number of carbonyl (C=O) groups is 2. The lowest BCUT2D eigenvalue weighted by atomic mass is 10.1. The molecule has 1 fully saturated rings. The van der Waals surface area contributed by atoms with Gasteiger partial charge in [0.1, 0.15) is 0 Å². The Morgan fingerprint density at radius 1 is 1.52 bits per heavy atom. The van der Waals surface area contributed by atoms with Gasteiger partial charge in [0, 0.05) is 10.6 Å². The predicted octanol–water partition coefficient (Wildman–Crippen LogP) is 2.79. The summed E-state index contributed by atoms with van der Waals surface area (Å²) in [4.78, 5) is 25.4. The Labute approximate surface area is 138 Å². The van der Waals surface area contributed by atoms with E-state index in [-0.39, 0.29) is 12.0 Å². The summed E-state index contributed by atoms with van der Waals surface area (Å²) in [7, 11) is 1.25. The molecule has 3 rings (SSSR count). The van der Waals surface area contributed by atoms with Crippen LogP contribution in [0.4, 0.5) is 4.79 Å². The first-order valence-electron chi connectivity index (χ1n) is 7.24. The summed E-state index contributed by atoms with van der Waals surface area (Å²) in [6.45, 7) is 0.169. The number of ether oxygens (including phenoxy) is 1. The molecule has 1 aromatic rings. The molecule has 7 heteroatoms. The van der Waals surface area contributed by atoms with E-state index in [0.717, 1.165) is 34.0 Å². The molecule has 1 unspecified atom stereocenters. The van der Waals surface area contributed by atoms with Crippen LogP contribution in [-0.4, -0.2) is 34.9 Å². The number of benzene rings is 1. The second-order valence-electron chi connectivity index (χ2n) is 5.88. The first kappa shape index (κ1) is 15.7. The topological polar surface area (TPSA) is 90.6 Å². The molecule has 1 saturated carbocycles. The van der Waals surface area contributed by atoms with Gasteiger partial charge in [-0.1, -0.05) is 6.07 Å². The van der Waals surface area contributed by atoms with Gasteiger partial charge in [-0.15, -0.1) is 11.8 Å². The third kappa shape index (κ3) is 2.86. The lowest BCUT2D eigenvalue weighted by Crippen LogP contribution is -2.33. The molecule has 1 aliphatic carbocycles. The number of methoxy groups -OCH3 is 1. The van der Waals surface area contributed by atoms with Gasteiger partial charge in [0.05, 0.1) is 25.1 Å². The van der Waals surface area contributed by atoms with Gasteiger partial charge in [0.2, 0.25) is 0 Å². The van der Waals surface area contributed by atoms with Crippen LogP contribution in [0.25, 0.3) is 0 Å². The molecule has 0 radical (unpaired) electrons. The third-order valence-corrected chi connectivity index (χ3v) is 5.62. The third-order valence-electron chi connectivity index (χ3n) is 4.34. The minimum atomic E-state index is -1.15. The highest BCUT2D eigenvalue weighted by molar-refractivity contribution is 7.99. The maximum atomic E-state index is 11.9. The number of thioether (sulfide) groups is 1. The monoisotopic (exact) mass is 332 g/mol. The van der Waals surface area contributed by atoms with Gasteiger partial charge in [0.15, 0.2) is 6.04 Å². The van der Waals surface area contributed by atoms with Crippen molar-refractivity contribution in [2.75, 3.05) is 12.9 Å². The average molecular weight is 332 g/mol. The fourth-order valence-electron chi connectivity index (χ4n) is 2.72. The van der Waals surface area contributed by atoms with Gasteiger partial charge in [0.25, 0.3) is 0 Å². The molecule has 2 aliphatic rings. The Kier molecular flexibility index (Phi) is 3.94. The normalized spacial score (nSPS) is 20.5. The van der Waals surface area contributed by atoms with E-state index in [0.29, 0.717) is 5.56 Å². The molecular weight excluding hydrogens is 316 g/mol. The molecule has 0 aromatic heterocycles. The van der Waals surface area contributed by atoms with E-state index in [1.807, 2.05) is 12.1 Å². The smallest absolute Gasteiger partial charge is 0.408 e. The number of fused-ring (bicyclic) bond motifs is 1. The SMILES string of the molecule is COC(=O)C1c2ccc(SCC3(C#N)CC3)cc2CN1C(=O)O. The second kappa shape index (κ2) is 5.78. The van der Waals surface area contributed by atoms with Crippen LogP contribution in [0.3, 0.4) is 0 Å². The Morgan fingerprint density at radius 2 is 2.26 bits per heavy atom. The van der Waals surface area contributed by atoms with Crippen LogP contribution < -0.4 is 0 Å². The number of nitriles is 1. The van der Waals surface area contributed by atoms with Crippen LogP contribution in [0, 0.1) is 16.7 Å². The molecule has 23 heavy (non-hydrogen) atoms. The van der Waals surface area contributed by atoms with Crippen molar-refractivity contribution >= 4 is 23.8 Å². The van der Waals surface area contributed by atoms with Gasteiger partial charge in [-0.25, -0.2) is 9.59 Å². The lowest BCUT2D eigenvalue weighted by molar-refractivity contribution is -0.146. The van der Waals surface area contributed by atoms with Crippen LogP contribution in [0.1, 0.15) is 30.0 Å². The van der Waals surface area contributed by atoms with Crippen LogP contribution in [0.2, 0.25) is 0 Å². The van der Waals surface area contributed by atoms with Gasteiger partial charge in [-0.2, -0.15) is 5.26 Å². The van der Waals surface area contributed by atoms with Crippen LogP contribution in [0.15, 0.2) is 23.1 Å². The largest absolute Gasteiger partial charge is 0.467 e. The van der Waals surface area contributed by atoms with Gasteiger partial charge in [-0.05, 0) is 36.1 Å². The zero-order chi connectivity index (χ0) is 16.6. The number of rotatable bonds is 4. The van der Waals surface area contributed by atoms with Crippen molar-refractivity contribution < 1.29 is 19.4 Å². The Hall–Kier alpha value is -2.20. The predicted molar refractivity (Wildman–Crippen MR) is 82.8 cm³/mol. The maximum Gasteiger partial charge on any atom is 0.408 e. The van der Waals surface area contributed by atoms with Gasteiger partial charge in [-0.3, -0.25) is 4.90 Å².